The van der Waals surface area contributed by atoms with Crippen LogP contribution in [0.15, 0.2) is 27.5 Å². The lowest BCUT2D eigenvalue weighted by Crippen LogP contribution is -1.99. The van der Waals surface area contributed by atoms with Gasteiger partial charge in [-0.2, -0.15) is 0 Å². The van der Waals surface area contributed by atoms with Crippen LogP contribution in [0, 0.1) is 6.92 Å². The average molecular weight is 229 g/mol. The summed E-state index contributed by atoms with van der Waals surface area (Å²) in [6, 6.07) is 5.00. The van der Waals surface area contributed by atoms with Crippen molar-refractivity contribution in [1.82, 2.24) is 0 Å². The molecule has 3 heteroatoms. The predicted octanol–water partition coefficient (Wildman–Crippen LogP) is 2.13. The molecule has 0 saturated heterocycles. The molecule has 1 aromatic carbocycles. The number of hydrogen-bond donors (Lipinski definition) is 0. The monoisotopic (exact) mass is 228 g/mol. The lowest BCUT2D eigenvalue weighted by molar-refractivity contribution is 0.411. The second kappa shape index (κ2) is 3.72. The summed E-state index contributed by atoms with van der Waals surface area (Å²) in [5.41, 5.74) is 0.809. The molecule has 1 rings (SSSR count). The number of aryl methyl sites for hydroxylation is 1. The molecule has 0 bridgehead atoms. The van der Waals surface area contributed by atoms with Crippen molar-refractivity contribution in [2.45, 2.75) is 6.92 Å². The van der Waals surface area contributed by atoms with Crippen LogP contribution in [0.5, 0.6) is 5.75 Å². The maximum atomic E-state index is 11.3. The van der Waals surface area contributed by atoms with Crippen molar-refractivity contribution in [2.24, 2.45) is 0 Å². The molecule has 0 N–H and O–H groups in total. The number of methoxy groups -OCH3 is 1. The molecule has 64 valence electrons. The third-order valence-corrected chi connectivity index (χ3v) is 2.46. The van der Waals surface area contributed by atoms with Crippen molar-refractivity contribution in [3.05, 3.63) is 38.5 Å². The Hall–Kier alpha value is -0.830. The molecule has 12 heavy (non-hydrogen) atoms. The van der Waals surface area contributed by atoms with E-state index in [1.165, 1.54) is 7.11 Å². The third kappa shape index (κ3) is 1.85. The molecule has 0 fully saturated rings. The van der Waals surface area contributed by atoms with E-state index in [1.54, 1.807) is 18.2 Å². The van der Waals surface area contributed by atoms with Gasteiger partial charge in [0.2, 0.25) is 5.43 Å². The Balaban J connectivity index is 3.45. The van der Waals surface area contributed by atoms with E-state index in [0.717, 1.165) is 10.0 Å². The van der Waals surface area contributed by atoms with Gasteiger partial charge in [-0.1, -0.05) is 15.9 Å². The van der Waals surface area contributed by atoms with E-state index in [4.69, 9.17) is 4.74 Å². The normalized spacial score (nSPS) is 9.58. The van der Waals surface area contributed by atoms with Gasteiger partial charge in [0.1, 0.15) is 0 Å². The molecule has 0 aliphatic heterocycles. The van der Waals surface area contributed by atoms with E-state index >= 15 is 0 Å². The molecule has 2 nitrogen and oxygen atoms in total. The Labute approximate surface area is 79.3 Å². The number of ether oxygens (including phenoxy) is 1. The van der Waals surface area contributed by atoms with E-state index in [1.807, 2.05) is 6.92 Å². The quantitative estimate of drug-likeness (QED) is 0.737. The minimum absolute atomic E-state index is 0.0966. The fourth-order valence-corrected chi connectivity index (χ4v) is 1.11. The summed E-state index contributed by atoms with van der Waals surface area (Å²) < 4.78 is 5.79. The van der Waals surface area contributed by atoms with Gasteiger partial charge in [0, 0.05) is 4.47 Å². The molecule has 0 aliphatic carbocycles. The van der Waals surface area contributed by atoms with Gasteiger partial charge in [-0.3, -0.25) is 4.79 Å². The Bertz CT molecular complexity index is 347. The van der Waals surface area contributed by atoms with E-state index in [9.17, 15) is 4.79 Å². The zero-order valence-corrected chi connectivity index (χ0v) is 8.51. The molecule has 0 saturated carbocycles. The average Bonchev–Trinajstić information content (AvgIpc) is 2.14. The number of halogens is 1. The van der Waals surface area contributed by atoms with Gasteiger partial charge < -0.3 is 4.74 Å². The highest BCUT2D eigenvalue weighted by Gasteiger charge is 1.98. The summed E-state index contributed by atoms with van der Waals surface area (Å²) in [5, 5.41) is 0. The molecule has 0 amide bonds. The fourth-order valence-electron chi connectivity index (χ4n) is 0.868. The van der Waals surface area contributed by atoms with Crippen LogP contribution in [0.3, 0.4) is 0 Å². The summed E-state index contributed by atoms with van der Waals surface area (Å²) in [6.45, 7) is 1.87. The fraction of sp³-hybridized carbons (Fsp3) is 0.222. The maximum absolute atomic E-state index is 11.3. The molecule has 1 aromatic rings. The Morgan fingerprint density at radius 2 is 2.08 bits per heavy atom. The first-order chi connectivity index (χ1) is 5.65. The summed E-state index contributed by atoms with van der Waals surface area (Å²) in [4.78, 5) is 11.3. The van der Waals surface area contributed by atoms with Gasteiger partial charge in [0.25, 0.3) is 0 Å². The van der Waals surface area contributed by atoms with E-state index in [0.29, 0.717) is 5.75 Å². The van der Waals surface area contributed by atoms with Crippen LogP contribution < -0.4 is 10.2 Å². The van der Waals surface area contributed by atoms with Crippen molar-refractivity contribution >= 4 is 15.9 Å². The standard InChI is InChI=1S/C9H9BrO2/c1-6-5-8(11)9(12-2)4-3-7(6)10/h3-5H,1-2H3. The molecule has 0 unspecified atom stereocenters. The number of hydrogen-bond acceptors (Lipinski definition) is 2. The molecule has 0 spiro atoms. The molecule has 0 radical (unpaired) electrons. The van der Waals surface area contributed by atoms with E-state index in [-0.39, 0.29) is 5.43 Å². The second-order valence-electron chi connectivity index (χ2n) is 2.44. The highest BCUT2D eigenvalue weighted by Crippen LogP contribution is 2.14. The van der Waals surface area contributed by atoms with Crippen molar-refractivity contribution in [3.8, 4) is 5.75 Å². The van der Waals surface area contributed by atoms with Crippen LogP contribution in [-0.2, 0) is 0 Å². The molecule has 0 atom stereocenters. The molecular weight excluding hydrogens is 220 g/mol. The van der Waals surface area contributed by atoms with Crippen LogP contribution >= 0.6 is 15.9 Å². The van der Waals surface area contributed by atoms with Crippen LogP contribution in [0.25, 0.3) is 0 Å². The zero-order valence-electron chi connectivity index (χ0n) is 6.93. The topological polar surface area (TPSA) is 26.3 Å². The van der Waals surface area contributed by atoms with Crippen molar-refractivity contribution in [3.63, 3.8) is 0 Å². The van der Waals surface area contributed by atoms with Gasteiger partial charge in [-0.25, -0.2) is 0 Å². The predicted molar refractivity (Wildman–Crippen MR) is 51.7 cm³/mol. The summed E-state index contributed by atoms with van der Waals surface area (Å²) in [5.74, 6) is 0.365. The highest BCUT2D eigenvalue weighted by atomic mass is 79.9. The van der Waals surface area contributed by atoms with Gasteiger partial charge >= 0.3 is 0 Å². The lowest BCUT2D eigenvalue weighted by Gasteiger charge is -1.89. The SMILES string of the molecule is COc1ccc(Br)c(C)cc1=O. The lowest BCUT2D eigenvalue weighted by atomic mass is 10.3. The summed E-state index contributed by atoms with van der Waals surface area (Å²) in [6.07, 6.45) is 0. The first-order valence-corrected chi connectivity index (χ1v) is 4.29. The van der Waals surface area contributed by atoms with Gasteiger partial charge in [-0.15, -0.1) is 0 Å². The van der Waals surface area contributed by atoms with Crippen molar-refractivity contribution in [2.75, 3.05) is 7.11 Å². The van der Waals surface area contributed by atoms with Gasteiger partial charge in [0.05, 0.1) is 7.11 Å². The Kier molecular flexibility index (Phi) is 2.87. The van der Waals surface area contributed by atoms with Gasteiger partial charge in [-0.05, 0) is 30.7 Å². The highest BCUT2D eigenvalue weighted by molar-refractivity contribution is 9.10. The largest absolute Gasteiger partial charge is 0.493 e. The maximum Gasteiger partial charge on any atom is 0.220 e. The van der Waals surface area contributed by atoms with Crippen molar-refractivity contribution < 1.29 is 4.74 Å². The number of rotatable bonds is 1. The zero-order chi connectivity index (χ0) is 9.14. The van der Waals surface area contributed by atoms with E-state index in [2.05, 4.69) is 15.9 Å². The molecule has 0 aromatic heterocycles. The van der Waals surface area contributed by atoms with Crippen molar-refractivity contribution in [1.29, 1.82) is 0 Å². The van der Waals surface area contributed by atoms with Crippen LogP contribution in [0.2, 0.25) is 0 Å². The van der Waals surface area contributed by atoms with Crippen LogP contribution in [-0.4, -0.2) is 7.11 Å². The summed E-state index contributed by atoms with van der Waals surface area (Å²) >= 11 is 3.33. The first kappa shape index (κ1) is 9.26. The Morgan fingerprint density at radius 1 is 1.42 bits per heavy atom. The van der Waals surface area contributed by atoms with Crippen LogP contribution in [0.1, 0.15) is 5.56 Å². The minimum atomic E-state index is -0.0966. The smallest absolute Gasteiger partial charge is 0.220 e. The minimum Gasteiger partial charge on any atom is -0.493 e. The third-order valence-electron chi connectivity index (χ3n) is 1.57. The second-order valence-corrected chi connectivity index (χ2v) is 3.30. The van der Waals surface area contributed by atoms with E-state index < -0.39 is 0 Å². The van der Waals surface area contributed by atoms with Gasteiger partial charge in [0.15, 0.2) is 5.75 Å². The molecule has 0 aliphatic rings. The van der Waals surface area contributed by atoms with Crippen LogP contribution in [0.4, 0.5) is 0 Å². The molecular formula is C9H9BrO2. The first-order valence-electron chi connectivity index (χ1n) is 3.49. The molecule has 0 heterocycles. The Morgan fingerprint density at radius 3 is 2.67 bits per heavy atom. The summed E-state index contributed by atoms with van der Waals surface area (Å²) in [7, 11) is 1.49.